The highest BCUT2D eigenvalue weighted by atomic mass is 16.5. The van der Waals surface area contributed by atoms with Crippen molar-refractivity contribution in [3.05, 3.63) is 65.7 Å². The molecule has 0 bridgehead atoms. The zero-order chi connectivity index (χ0) is 14.9. The maximum absolute atomic E-state index is 5.79. The van der Waals surface area contributed by atoms with Gasteiger partial charge in [0.15, 0.2) is 0 Å². The molecule has 0 heterocycles. The second-order valence-corrected chi connectivity index (χ2v) is 5.37. The van der Waals surface area contributed by atoms with Gasteiger partial charge in [-0.1, -0.05) is 55.8 Å². The molecule has 0 radical (unpaired) electrons. The number of hydrogen-bond acceptors (Lipinski definition) is 2. The van der Waals surface area contributed by atoms with Crippen LogP contribution in [0.5, 0.6) is 5.75 Å². The van der Waals surface area contributed by atoms with Gasteiger partial charge in [-0.3, -0.25) is 0 Å². The first kappa shape index (κ1) is 15.6. The lowest BCUT2D eigenvalue weighted by molar-refractivity contribution is 0.303. The van der Waals surface area contributed by atoms with E-state index in [2.05, 4.69) is 61.6 Å². The van der Waals surface area contributed by atoms with Crippen LogP contribution in [0, 0.1) is 6.92 Å². The van der Waals surface area contributed by atoms with Gasteiger partial charge in [-0.25, -0.2) is 0 Å². The van der Waals surface area contributed by atoms with Crippen LogP contribution in [0.25, 0.3) is 0 Å². The Hall–Kier alpha value is -1.80. The summed E-state index contributed by atoms with van der Waals surface area (Å²) in [6.45, 7) is 5.85. The molecule has 0 saturated heterocycles. The lowest BCUT2D eigenvalue weighted by atomic mass is 10.0. The van der Waals surface area contributed by atoms with Gasteiger partial charge in [0.2, 0.25) is 0 Å². The van der Waals surface area contributed by atoms with Crippen molar-refractivity contribution in [1.29, 1.82) is 0 Å². The van der Waals surface area contributed by atoms with Gasteiger partial charge < -0.3 is 10.1 Å². The molecule has 0 saturated carbocycles. The molecule has 0 aliphatic carbocycles. The number of benzene rings is 2. The summed E-state index contributed by atoms with van der Waals surface area (Å²) < 4.78 is 5.79. The predicted molar refractivity (Wildman–Crippen MR) is 88.8 cm³/mol. The van der Waals surface area contributed by atoms with Crippen LogP contribution in [0.4, 0.5) is 0 Å². The average molecular weight is 283 g/mol. The Bertz CT molecular complexity index is 524. The monoisotopic (exact) mass is 283 g/mol. The Morgan fingerprint density at radius 2 is 1.86 bits per heavy atom. The third-order valence-corrected chi connectivity index (χ3v) is 3.53. The Balaban J connectivity index is 1.80. The van der Waals surface area contributed by atoms with Gasteiger partial charge in [-0.2, -0.15) is 0 Å². The van der Waals surface area contributed by atoms with Gasteiger partial charge >= 0.3 is 0 Å². The summed E-state index contributed by atoms with van der Waals surface area (Å²) in [4.78, 5) is 0. The van der Waals surface area contributed by atoms with Gasteiger partial charge in [-0.15, -0.1) is 0 Å². The van der Waals surface area contributed by atoms with Crippen LogP contribution in [-0.2, 0) is 0 Å². The van der Waals surface area contributed by atoms with Crippen molar-refractivity contribution in [2.24, 2.45) is 0 Å². The van der Waals surface area contributed by atoms with Crippen LogP contribution in [0.3, 0.4) is 0 Å². The van der Waals surface area contributed by atoms with E-state index >= 15 is 0 Å². The lowest BCUT2D eigenvalue weighted by Crippen LogP contribution is -2.26. The summed E-state index contributed by atoms with van der Waals surface area (Å²) in [6, 6.07) is 19.2. The Morgan fingerprint density at radius 3 is 2.57 bits per heavy atom. The molecule has 2 aromatic rings. The van der Waals surface area contributed by atoms with Crippen molar-refractivity contribution in [3.8, 4) is 5.75 Å². The Kier molecular flexibility index (Phi) is 6.29. The summed E-state index contributed by atoms with van der Waals surface area (Å²) >= 11 is 0. The summed E-state index contributed by atoms with van der Waals surface area (Å²) in [5, 5.41) is 3.60. The van der Waals surface area contributed by atoms with Crippen LogP contribution in [-0.4, -0.2) is 13.2 Å². The molecule has 2 heteroatoms. The molecular formula is C19H25NO. The summed E-state index contributed by atoms with van der Waals surface area (Å²) in [5.41, 5.74) is 2.59. The first-order chi connectivity index (χ1) is 10.3. The van der Waals surface area contributed by atoms with E-state index in [-0.39, 0.29) is 0 Å². The smallest absolute Gasteiger partial charge is 0.119 e. The molecule has 2 nitrogen and oxygen atoms in total. The lowest BCUT2D eigenvalue weighted by Gasteiger charge is -2.19. The Morgan fingerprint density at radius 1 is 1.05 bits per heavy atom. The largest absolute Gasteiger partial charge is 0.492 e. The van der Waals surface area contributed by atoms with Gasteiger partial charge in [0.1, 0.15) is 12.4 Å². The van der Waals surface area contributed by atoms with Crippen molar-refractivity contribution in [2.45, 2.75) is 32.7 Å². The molecule has 0 amide bonds. The highest BCUT2D eigenvalue weighted by Crippen LogP contribution is 2.18. The van der Waals surface area contributed by atoms with Gasteiger partial charge in [-0.05, 0) is 36.6 Å². The fraction of sp³-hybridized carbons (Fsp3) is 0.368. The van der Waals surface area contributed by atoms with Crippen LogP contribution in [0.1, 0.15) is 36.9 Å². The summed E-state index contributed by atoms with van der Waals surface area (Å²) in [6.07, 6.45) is 2.32. The number of aryl methyl sites for hydroxylation is 1. The molecule has 112 valence electrons. The third kappa shape index (κ3) is 5.24. The van der Waals surface area contributed by atoms with E-state index in [4.69, 9.17) is 4.74 Å². The van der Waals surface area contributed by atoms with Crippen molar-refractivity contribution in [3.63, 3.8) is 0 Å². The maximum Gasteiger partial charge on any atom is 0.119 e. The average Bonchev–Trinajstić information content (AvgIpc) is 2.51. The Labute approximate surface area is 128 Å². The van der Waals surface area contributed by atoms with Crippen LogP contribution in [0.2, 0.25) is 0 Å². The molecule has 0 aromatic heterocycles. The summed E-state index contributed by atoms with van der Waals surface area (Å²) in [7, 11) is 0. The fourth-order valence-corrected chi connectivity index (χ4v) is 2.47. The van der Waals surface area contributed by atoms with Crippen molar-refractivity contribution < 1.29 is 4.74 Å². The van der Waals surface area contributed by atoms with Crippen molar-refractivity contribution in [2.75, 3.05) is 13.2 Å². The quantitative estimate of drug-likeness (QED) is 0.720. The predicted octanol–water partition coefficient (Wildman–Crippen LogP) is 4.50. The van der Waals surface area contributed by atoms with E-state index in [1.807, 2.05) is 12.1 Å². The highest BCUT2D eigenvalue weighted by molar-refractivity contribution is 5.27. The molecule has 21 heavy (non-hydrogen) atoms. The van der Waals surface area contributed by atoms with Gasteiger partial charge in [0, 0.05) is 12.6 Å². The molecule has 0 spiro atoms. The first-order valence-corrected chi connectivity index (χ1v) is 7.77. The molecule has 0 aliphatic rings. The molecule has 1 atom stereocenters. The minimum atomic E-state index is 0.414. The zero-order valence-corrected chi connectivity index (χ0v) is 13.0. The maximum atomic E-state index is 5.79. The fourth-order valence-electron chi connectivity index (χ4n) is 2.47. The van der Waals surface area contributed by atoms with Crippen LogP contribution in [0.15, 0.2) is 54.6 Å². The summed E-state index contributed by atoms with van der Waals surface area (Å²) in [5.74, 6) is 0.948. The number of rotatable bonds is 8. The molecule has 0 aliphatic heterocycles. The zero-order valence-electron chi connectivity index (χ0n) is 13.0. The van der Waals surface area contributed by atoms with Gasteiger partial charge in [0.25, 0.3) is 0 Å². The normalized spacial score (nSPS) is 12.1. The SMILES string of the molecule is CCCC(NCCOc1cccc(C)c1)c1ccccc1. The van der Waals surface area contributed by atoms with E-state index in [0.29, 0.717) is 12.6 Å². The molecular weight excluding hydrogens is 258 g/mol. The minimum Gasteiger partial charge on any atom is -0.492 e. The number of hydrogen-bond donors (Lipinski definition) is 1. The van der Waals surface area contributed by atoms with E-state index in [0.717, 1.165) is 18.7 Å². The molecule has 0 fully saturated rings. The molecule has 1 unspecified atom stereocenters. The molecule has 2 rings (SSSR count). The number of ether oxygens (including phenoxy) is 1. The molecule has 2 aromatic carbocycles. The minimum absolute atomic E-state index is 0.414. The third-order valence-electron chi connectivity index (χ3n) is 3.53. The van der Waals surface area contributed by atoms with E-state index in [9.17, 15) is 0 Å². The van der Waals surface area contributed by atoms with Crippen molar-refractivity contribution >= 4 is 0 Å². The first-order valence-electron chi connectivity index (χ1n) is 7.77. The van der Waals surface area contributed by atoms with E-state index in [1.54, 1.807) is 0 Å². The topological polar surface area (TPSA) is 21.3 Å². The highest BCUT2D eigenvalue weighted by Gasteiger charge is 2.08. The van der Waals surface area contributed by atoms with Crippen LogP contribution >= 0.6 is 0 Å². The van der Waals surface area contributed by atoms with E-state index in [1.165, 1.54) is 17.5 Å². The van der Waals surface area contributed by atoms with Gasteiger partial charge in [0.05, 0.1) is 0 Å². The number of nitrogens with one attached hydrogen (secondary N) is 1. The van der Waals surface area contributed by atoms with E-state index < -0.39 is 0 Å². The molecule has 1 N–H and O–H groups in total. The standard InChI is InChI=1S/C19H25NO/c1-3-8-19(17-10-5-4-6-11-17)20-13-14-21-18-12-7-9-16(2)15-18/h4-7,9-12,15,19-20H,3,8,13-14H2,1-2H3. The second kappa shape index (κ2) is 8.48. The second-order valence-electron chi connectivity index (χ2n) is 5.37. The van der Waals surface area contributed by atoms with Crippen LogP contribution < -0.4 is 10.1 Å². The van der Waals surface area contributed by atoms with Crippen molar-refractivity contribution in [1.82, 2.24) is 5.32 Å².